The summed E-state index contributed by atoms with van der Waals surface area (Å²) >= 11 is 0. The lowest BCUT2D eigenvalue weighted by Gasteiger charge is -2.24. The van der Waals surface area contributed by atoms with Crippen LogP contribution in [0, 0.1) is 5.92 Å². The van der Waals surface area contributed by atoms with Crippen LogP contribution in [0.3, 0.4) is 0 Å². The zero-order chi connectivity index (χ0) is 21.7. The smallest absolute Gasteiger partial charge is 0.170 e. The maximum absolute atomic E-state index is 13.1. The first-order chi connectivity index (χ1) is 14.4. The molecule has 0 spiro atoms. The molecule has 0 aromatic heterocycles. The number of ether oxygens (including phenoxy) is 1. The fraction of sp³-hybridized carbons (Fsp3) is 0.200. The van der Waals surface area contributed by atoms with Gasteiger partial charge in [-0.2, -0.15) is 0 Å². The molecular weight excluding hydrogens is 380 g/mol. The number of benzene rings is 3. The van der Waals surface area contributed by atoms with E-state index in [-0.39, 0.29) is 40.6 Å². The van der Waals surface area contributed by atoms with E-state index in [4.69, 9.17) is 4.74 Å². The van der Waals surface area contributed by atoms with Crippen LogP contribution in [0.2, 0.25) is 0 Å². The van der Waals surface area contributed by atoms with Crippen molar-refractivity contribution in [2.24, 2.45) is 5.92 Å². The Kier molecular flexibility index (Phi) is 6.52. The zero-order valence-corrected chi connectivity index (χ0v) is 16.9. The van der Waals surface area contributed by atoms with E-state index in [0.29, 0.717) is 5.75 Å². The number of ketones is 2. The number of Topliss-reactive ketones (excluding diaryl/α,β-unsaturated/α-hetero) is 2. The van der Waals surface area contributed by atoms with Gasteiger partial charge in [-0.15, -0.1) is 0 Å². The average molecular weight is 404 g/mol. The van der Waals surface area contributed by atoms with Crippen LogP contribution in [0.1, 0.15) is 45.5 Å². The Balaban J connectivity index is 1.96. The molecule has 0 bridgehead atoms. The van der Waals surface area contributed by atoms with Crippen molar-refractivity contribution in [3.05, 3.63) is 89.5 Å². The molecule has 0 unspecified atom stereocenters. The van der Waals surface area contributed by atoms with Crippen molar-refractivity contribution >= 4 is 11.6 Å². The Morgan fingerprint density at radius 3 is 1.90 bits per heavy atom. The van der Waals surface area contributed by atoms with Gasteiger partial charge < -0.3 is 14.9 Å². The summed E-state index contributed by atoms with van der Waals surface area (Å²) in [5, 5.41) is 20.2. The van der Waals surface area contributed by atoms with E-state index < -0.39 is 11.8 Å². The Bertz CT molecular complexity index is 1040. The van der Waals surface area contributed by atoms with Crippen molar-refractivity contribution in [3.8, 4) is 17.2 Å². The molecule has 0 aliphatic carbocycles. The number of rotatable bonds is 8. The first-order valence-electron chi connectivity index (χ1n) is 9.69. The third-order valence-electron chi connectivity index (χ3n) is 5.34. The Hall–Kier alpha value is -3.60. The number of aromatic hydroxyl groups is 2. The van der Waals surface area contributed by atoms with Crippen molar-refractivity contribution in [2.45, 2.75) is 19.3 Å². The van der Waals surface area contributed by atoms with Crippen LogP contribution in [0.15, 0.2) is 72.8 Å². The summed E-state index contributed by atoms with van der Waals surface area (Å²) in [6.45, 7) is 1.75. The lowest BCUT2D eigenvalue weighted by molar-refractivity contribution is 0.0885. The topological polar surface area (TPSA) is 83.8 Å². The molecule has 0 fully saturated rings. The predicted molar refractivity (Wildman–Crippen MR) is 114 cm³/mol. The van der Waals surface area contributed by atoms with Gasteiger partial charge in [0, 0.05) is 18.3 Å². The second kappa shape index (κ2) is 9.27. The monoisotopic (exact) mass is 404 g/mol. The number of hydrogen-bond donors (Lipinski definition) is 2. The van der Waals surface area contributed by atoms with Gasteiger partial charge in [0.15, 0.2) is 11.6 Å². The maximum Gasteiger partial charge on any atom is 0.170 e. The van der Waals surface area contributed by atoms with Crippen LogP contribution < -0.4 is 4.74 Å². The summed E-state index contributed by atoms with van der Waals surface area (Å²) in [7, 11) is 1.57. The number of phenols is 2. The molecule has 30 heavy (non-hydrogen) atoms. The molecule has 3 aromatic carbocycles. The molecular formula is C25H24O5. The Morgan fingerprint density at radius 2 is 1.37 bits per heavy atom. The minimum atomic E-state index is -0.582. The first kappa shape index (κ1) is 21.1. The number of carbonyl (C=O) groups is 2. The SMILES string of the molecule is COc1ccc([C@@H](CC(=O)c2ccccc2O)[C@@H](C)C(=O)c2ccccc2O)cc1. The molecule has 5 nitrogen and oxygen atoms in total. The molecule has 0 saturated carbocycles. The summed E-state index contributed by atoms with van der Waals surface area (Å²) in [4.78, 5) is 26.1. The van der Waals surface area contributed by atoms with E-state index in [9.17, 15) is 19.8 Å². The van der Waals surface area contributed by atoms with E-state index in [0.717, 1.165) is 5.56 Å². The molecule has 2 N–H and O–H groups in total. The average Bonchev–Trinajstić information content (AvgIpc) is 2.77. The van der Waals surface area contributed by atoms with Gasteiger partial charge in [-0.3, -0.25) is 9.59 Å². The van der Waals surface area contributed by atoms with Crippen LogP contribution in [-0.4, -0.2) is 28.9 Å². The van der Waals surface area contributed by atoms with Crippen molar-refractivity contribution in [3.63, 3.8) is 0 Å². The highest BCUT2D eigenvalue weighted by Gasteiger charge is 2.30. The van der Waals surface area contributed by atoms with Crippen LogP contribution in [-0.2, 0) is 0 Å². The minimum absolute atomic E-state index is 0.0321. The van der Waals surface area contributed by atoms with Gasteiger partial charge in [0.1, 0.15) is 17.2 Å². The summed E-state index contributed by atoms with van der Waals surface area (Å²) in [6, 6.07) is 20.0. The summed E-state index contributed by atoms with van der Waals surface area (Å²) < 4.78 is 5.21. The third-order valence-corrected chi connectivity index (χ3v) is 5.34. The molecule has 0 aliphatic heterocycles. The highest BCUT2D eigenvalue weighted by molar-refractivity contribution is 6.02. The highest BCUT2D eigenvalue weighted by Crippen LogP contribution is 2.35. The van der Waals surface area contributed by atoms with E-state index in [1.807, 2.05) is 12.1 Å². The lowest BCUT2D eigenvalue weighted by atomic mass is 9.78. The molecule has 3 aromatic rings. The van der Waals surface area contributed by atoms with Crippen molar-refractivity contribution in [1.82, 2.24) is 0 Å². The molecule has 2 atom stereocenters. The number of phenolic OH excluding ortho intramolecular Hbond substituents is 2. The summed E-state index contributed by atoms with van der Waals surface area (Å²) in [5.74, 6) is -1.05. The second-order valence-corrected chi connectivity index (χ2v) is 7.19. The molecule has 0 amide bonds. The molecule has 3 rings (SSSR count). The molecule has 0 radical (unpaired) electrons. The predicted octanol–water partition coefficient (Wildman–Crippen LogP) is 4.98. The van der Waals surface area contributed by atoms with E-state index in [2.05, 4.69) is 0 Å². The third kappa shape index (κ3) is 4.51. The van der Waals surface area contributed by atoms with Crippen molar-refractivity contribution in [2.75, 3.05) is 7.11 Å². The molecule has 0 saturated heterocycles. The van der Waals surface area contributed by atoms with E-state index in [1.165, 1.54) is 12.1 Å². The van der Waals surface area contributed by atoms with Gasteiger partial charge in [0.05, 0.1) is 18.2 Å². The van der Waals surface area contributed by atoms with Gasteiger partial charge in [0.2, 0.25) is 0 Å². The second-order valence-electron chi connectivity index (χ2n) is 7.19. The maximum atomic E-state index is 13.1. The van der Waals surface area contributed by atoms with Crippen LogP contribution in [0.25, 0.3) is 0 Å². The van der Waals surface area contributed by atoms with Crippen molar-refractivity contribution < 1.29 is 24.5 Å². The number of carbonyl (C=O) groups excluding carboxylic acids is 2. The fourth-order valence-corrected chi connectivity index (χ4v) is 3.56. The highest BCUT2D eigenvalue weighted by atomic mass is 16.5. The van der Waals surface area contributed by atoms with Gasteiger partial charge >= 0.3 is 0 Å². The summed E-state index contributed by atoms with van der Waals surface area (Å²) in [6.07, 6.45) is 0.0321. The summed E-state index contributed by atoms with van der Waals surface area (Å²) in [5.41, 5.74) is 1.24. The first-order valence-corrected chi connectivity index (χ1v) is 9.69. The Morgan fingerprint density at radius 1 is 0.833 bits per heavy atom. The Labute approximate surface area is 175 Å². The minimum Gasteiger partial charge on any atom is -0.507 e. The number of para-hydroxylation sites is 2. The van der Waals surface area contributed by atoms with Gasteiger partial charge in [0.25, 0.3) is 0 Å². The number of methoxy groups -OCH3 is 1. The lowest BCUT2D eigenvalue weighted by Crippen LogP contribution is -2.22. The molecule has 5 heteroatoms. The fourth-order valence-electron chi connectivity index (χ4n) is 3.56. The zero-order valence-electron chi connectivity index (χ0n) is 16.9. The quantitative estimate of drug-likeness (QED) is 0.517. The van der Waals surface area contributed by atoms with Crippen LogP contribution in [0.5, 0.6) is 17.2 Å². The van der Waals surface area contributed by atoms with Gasteiger partial charge in [-0.1, -0.05) is 43.3 Å². The van der Waals surface area contributed by atoms with Crippen LogP contribution in [0.4, 0.5) is 0 Å². The number of hydrogen-bond acceptors (Lipinski definition) is 5. The van der Waals surface area contributed by atoms with Crippen LogP contribution >= 0.6 is 0 Å². The molecule has 0 aliphatic rings. The van der Waals surface area contributed by atoms with Gasteiger partial charge in [-0.05, 0) is 42.0 Å². The normalized spacial score (nSPS) is 12.7. The van der Waals surface area contributed by atoms with E-state index in [1.54, 1.807) is 62.6 Å². The molecule has 154 valence electrons. The van der Waals surface area contributed by atoms with Gasteiger partial charge in [-0.25, -0.2) is 0 Å². The van der Waals surface area contributed by atoms with E-state index >= 15 is 0 Å². The molecule has 0 heterocycles. The largest absolute Gasteiger partial charge is 0.507 e. The van der Waals surface area contributed by atoms with Crippen molar-refractivity contribution in [1.29, 1.82) is 0 Å². The standard InChI is InChI=1S/C25H24O5/c1-16(25(29)20-8-4-6-10-23(20)27)21(17-11-13-18(30-2)14-12-17)15-24(28)19-7-3-5-9-22(19)26/h3-14,16,21,26-27H,15H2,1-2H3/t16-,21+/m1/s1.